The van der Waals surface area contributed by atoms with E-state index in [0.29, 0.717) is 27.6 Å². The quantitative estimate of drug-likeness (QED) is 0.328. The average Bonchev–Trinajstić information content (AvgIpc) is 3.52. The summed E-state index contributed by atoms with van der Waals surface area (Å²) in [6, 6.07) is 13.7. The van der Waals surface area contributed by atoms with E-state index >= 15 is 0 Å². The van der Waals surface area contributed by atoms with Crippen LogP contribution in [0.2, 0.25) is 0 Å². The Hall–Kier alpha value is -3.37. The molecule has 0 radical (unpaired) electrons. The van der Waals surface area contributed by atoms with Gasteiger partial charge in [0, 0.05) is 17.0 Å². The Bertz CT molecular complexity index is 1240. The van der Waals surface area contributed by atoms with Gasteiger partial charge in [-0.3, -0.25) is 9.89 Å². The molecule has 10 heteroatoms. The third kappa shape index (κ3) is 5.52. The zero-order valence-corrected chi connectivity index (χ0v) is 20.0. The van der Waals surface area contributed by atoms with Gasteiger partial charge in [0.25, 0.3) is 0 Å². The van der Waals surface area contributed by atoms with Crippen LogP contribution >= 0.6 is 23.1 Å². The number of aromatic nitrogens is 4. The molecule has 2 N–H and O–H groups in total. The van der Waals surface area contributed by atoms with Gasteiger partial charge in [-0.05, 0) is 24.1 Å². The predicted octanol–water partition coefficient (Wildman–Crippen LogP) is 4.91. The number of carbonyl (C=O) groups is 1. The first-order valence-electron chi connectivity index (χ1n) is 10.2. The van der Waals surface area contributed by atoms with Crippen LogP contribution in [0.4, 0.5) is 5.13 Å². The summed E-state index contributed by atoms with van der Waals surface area (Å²) in [5.41, 5.74) is 3.91. The molecule has 1 amide bonds. The van der Waals surface area contributed by atoms with E-state index in [-0.39, 0.29) is 11.7 Å². The van der Waals surface area contributed by atoms with E-state index in [1.165, 1.54) is 28.7 Å². The topological polar surface area (TPSA) is 102 Å². The Kier molecular flexibility index (Phi) is 7.26. The summed E-state index contributed by atoms with van der Waals surface area (Å²) in [6.07, 6.45) is 0.996. The van der Waals surface area contributed by atoms with Crippen molar-refractivity contribution in [3.05, 3.63) is 53.4 Å². The maximum atomic E-state index is 12.4. The highest BCUT2D eigenvalue weighted by molar-refractivity contribution is 7.99. The van der Waals surface area contributed by atoms with Crippen molar-refractivity contribution in [2.45, 2.75) is 18.5 Å². The van der Waals surface area contributed by atoms with E-state index in [0.717, 1.165) is 23.2 Å². The molecule has 0 aliphatic heterocycles. The molecular weight excluding hydrogens is 458 g/mol. The van der Waals surface area contributed by atoms with Crippen molar-refractivity contribution < 1.29 is 14.3 Å². The lowest BCUT2D eigenvalue weighted by atomic mass is 10.1. The summed E-state index contributed by atoms with van der Waals surface area (Å²) in [7, 11) is 3.18. The second-order valence-electron chi connectivity index (χ2n) is 6.96. The number of rotatable bonds is 9. The van der Waals surface area contributed by atoms with Crippen LogP contribution in [-0.2, 0) is 11.2 Å². The van der Waals surface area contributed by atoms with Gasteiger partial charge in [-0.2, -0.15) is 0 Å². The number of H-pyrrole nitrogens is 1. The lowest BCUT2D eigenvalue weighted by Gasteiger charge is -2.07. The van der Waals surface area contributed by atoms with Crippen LogP contribution in [0.1, 0.15) is 12.5 Å². The number of ether oxygens (including phenoxy) is 2. The van der Waals surface area contributed by atoms with Crippen LogP contribution in [0.15, 0.2) is 53.0 Å². The second kappa shape index (κ2) is 10.5. The number of thiazole rings is 1. The van der Waals surface area contributed by atoms with Crippen LogP contribution in [0.3, 0.4) is 0 Å². The van der Waals surface area contributed by atoms with Crippen molar-refractivity contribution in [1.29, 1.82) is 0 Å². The van der Waals surface area contributed by atoms with Crippen molar-refractivity contribution in [3.8, 4) is 34.1 Å². The summed E-state index contributed by atoms with van der Waals surface area (Å²) in [5.74, 6) is 1.84. The van der Waals surface area contributed by atoms with Gasteiger partial charge < -0.3 is 14.8 Å². The van der Waals surface area contributed by atoms with Gasteiger partial charge in [0.15, 0.2) is 11.0 Å². The zero-order chi connectivity index (χ0) is 23.2. The van der Waals surface area contributed by atoms with Crippen molar-refractivity contribution in [2.24, 2.45) is 0 Å². The lowest BCUT2D eigenvalue weighted by molar-refractivity contribution is -0.113. The number of benzene rings is 2. The number of methoxy groups -OCH3 is 2. The summed E-state index contributed by atoms with van der Waals surface area (Å²) < 4.78 is 10.6. The molecule has 4 rings (SSSR count). The summed E-state index contributed by atoms with van der Waals surface area (Å²) in [6.45, 7) is 2.12. The van der Waals surface area contributed by atoms with Gasteiger partial charge >= 0.3 is 0 Å². The molecule has 0 unspecified atom stereocenters. The van der Waals surface area contributed by atoms with Crippen LogP contribution in [-0.4, -0.2) is 46.0 Å². The van der Waals surface area contributed by atoms with Crippen molar-refractivity contribution in [1.82, 2.24) is 20.2 Å². The zero-order valence-electron chi connectivity index (χ0n) is 18.4. The molecule has 0 saturated heterocycles. The molecule has 8 nitrogen and oxygen atoms in total. The largest absolute Gasteiger partial charge is 0.497 e. The Morgan fingerprint density at radius 2 is 1.94 bits per heavy atom. The Morgan fingerprint density at radius 3 is 2.67 bits per heavy atom. The van der Waals surface area contributed by atoms with Crippen LogP contribution in [0.25, 0.3) is 22.6 Å². The average molecular weight is 482 g/mol. The number of hydrogen-bond acceptors (Lipinski definition) is 8. The summed E-state index contributed by atoms with van der Waals surface area (Å²) >= 11 is 2.64. The highest BCUT2D eigenvalue weighted by atomic mass is 32.2. The molecule has 0 aliphatic carbocycles. The number of nitrogens with zero attached hydrogens (tertiary/aromatic N) is 3. The molecule has 2 aromatic carbocycles. The number of anilines is 1. The monoisotopic (exact) mass is 481 g/mol. The molecule has 4 aromatic rings. The lowest BCUT2D eigenvalue weighted by Crippen LogP contribution is -2.13. The van der Waals surface area contributed by atoms with Gasteiger partial charge in [-0.25, -0.2) is 9.97 Å². The van der Waals surface area contributed by atoms with Crippen molar-refractivity contribution >= 4 is 34.1 Å². The van der Waals surface area contributed by atoms with Crippen LogP contribution < -0.4 is 14.8 Å². The van der Waals surface area contributed by atoms with Gasteiger partial charge in [0.1, 0.15) is 11.5 Å². The molecular formula is C23H23N5O3S2. The fraction of sp³-hybridized carbons (Fsp3) is 0.217. The first-order chi connectivity index (χ1) is 16.1. The fourth-order valence-corrected chi connectivity index (χ4v) is 4.42. The minimum absolute atomic E-state index is 0.164. The number of aryl methyl sites for hydroxylation is 1. The summed E-state index contributed by atoms with van der Waals surface area (Å²) in [4.78, 5) is 21.4. The van der Waals surface area contributed by atoms with Gasteiger partial charge in [0.05, 0.1) is 31.2 Å². The Labute approximate surface area is 199 Å². The van der Waals surface area contributed by atoms with E-state index in [1.54, 1.807) is 20.3 Å². The highest BCUT2D eigenvalue weighted by Crippen LogP contribution is 2.32. The molecule has 0 fully saturated rings. The van der Waals surface area contributed by atoms with E-state index in [1.807, 2.05) is 29.6 Å². The van der Waals surface area contributed by atoms with E-state index < -0.39 is 0 Å². The number of carbonyl (C=O) groups excluding carboxylic acids is 1. The number of thioether (sulfide) groups is 1. The van der Waals surface area contributed by atoms with E-state index in [2.05, 4.69) is 44.5 Å². The highest BCUT2D eigenvalue weighted by Gasteiger charge is 2.14. The minimum atomic E-state index is -0.171. The van der Waals surface area contributed by atoms with Crippen LogP contribution in [0, 0.1) is 0 Å². The molecule has 33 heavy (non-hydrogen) atoms. The maximum Gasteiger partial charge on any atom is 0.236 e. The second-order valence-corrected chi connectivity index (χ2v) is 8.76. The van der Waals surface area contributed by atoms with Gasteiger partial charge in [0.2, 0.25) is 11.1 Å². The van der Waals surface area contributed by atoms with Crippen molar-refractivity contribution in [3.63, 3.8) is 0 Å². The fourth-order valence-electron chi connectivity index (χ4n) is 3.09. The molecule has 0 aliphatic rings. The van der Waals surface area contributed by atoms with Gasteiger partial charge in [-0.1, -0.05) is 43.0 Å². The predicted molar refractivity (Wildman–Crippen MR) is 131 cm³/mol. The van der Waals surface area contributed by atoms with Crippen molar-refractivity contribution in [2.75, 3.05) is 25.3 Å². The Morgan fingerprint density at radius 1 is 1.12 bits per heavy atom. The molecule has 0 bridgehead atoms. The molecule has 2 aromatic heterocycles. The number of amides is 1. The smallest absolute Gasteiger partial charge is 0.236 e. The third-order valence-electron chi connectivity index (χ3n) is 4.87. The SMILES string of the molecule is CCc1ccc(-c2csc(NC(=O)CSc3n[nH]c(-c4ccc(OC)cc4OC)n3)n2)cc1. The molecule has 2 heterocycles. The standard InChI is InChI=1S/C23H23N5O3S2/c1-4-14-5-7-15(8-6-14)18-12-32-22(24-18)25-20(29)13-33-23-26-21(27-28-23)17-10-9-16(30-2)11-19(17)31-3/h5-12H,4,13H2,1-3H3,(H,24,25,29)(H,26,27,28). The first-order valence-corrected chi connectivity index (χ1v) is 12.1. The number of nitrogens with one attached hydrogen (secondary N) is 2. The van der Waals surface area contributed by atoms with Gasteiger partial charge in [-0.15, -0.1) is 16.4 Å². The Balaban J connectivity index is 1.35. The molecule has 0 atom stereocenters. The molecule has 0 spiro atoms. The third-order valence-corrected chi connectivity index (χ3v) is 6.47. The number of hydrogen-bond donors (Lipinski definition) is 2. The first kappa shape index (κ1) is 22.8. The van der Waals surface area contributed by atoms with Crippen LogP contribution in [0.5, 0.6) is 11.5 Å². The van der Waals surface area contributed by atoms with E-state index in [9.17, 15) is 4.79 Å². The normalized spacial score (nSPS) is 10.8. The minimum Gasteiger partial charge on any atom is -0.497 e. The maximum absolute atomic E-state index is 12.4. The molecule has 170 valence electrons. The molecule has 0 saturated carbocycles. The van der Waals surface area contributed by atoms with E-state index in [4.69, 9.17) is 9.47 Å². The summed E-state index contributed by atoms with van der Waals surface area (Å²) in [5, 5.41) is 12.9. The number of aromatic amines is 1.